The van der Waals surface area contributed by atoms with Gasteiger partial charge in [-0.15, -0.1) is 0 Å². The molecule has 1 aliphatic rings. The lowest BCUT2D eigenvalue weighted by Gasteiger charge is -2.12. The largest absolute Gasteiger partial charge is 0.493 e. The molecule has 3 aromatic rings. The number of amides is 2. The fourth-order valence-electron chi connectivity index (χ4n) is 3.68. The number of carbonyl (C=O) groups excluding carboxylic acids is 3. The lowest BCUT2D eigenvalue weighted by molar-refractivity contribution is -0.122. The third-order valence-corrected chi connectivity index (χ3v) is 6.63. The predicted octanol–water partition coefficient (Wildman–Crippen LogP) is 5.12. The fraction of sp³-hybridized carbons (Fsp3) is 0.172. The summed E-state index contributed by atoms with van der Waals surface area (Å²) in [6.45, 7) is 2.13. The number of likely N-dealkylation sites (N-methyl/N-ethyl adjacent to an activating group) is 1. The first-order valence-electron chi connectivity index (χ1n) is 12.1. The average molecular weight is 546 g/mol. The number of anilines is 1. The van der Waals surface area contributed by atoms with Crippen LogP contribution in [-0.2, 0) is 14.3 Å². The molecule has 1 aliphatic heterocycles. The van der Waals surface area contributed by atoms with Crippen molar-refractivity contribution < 1.29 is 28.6 Å². The van der Waals surface area contributed by atoms with Gasteiger partial charge in [0.1, 0.15) is 0 Å². The Hall–Kier alpha value is -4.57. The van der Waals surface area contributed by atoms with Crippen LogP contribution in [-0.4, -0.2) is 55.2 Å². The van der Waals surface area contributed by atoms with Crippen molar-refractivity contribution >= 4 is 52.2 Å². The molecule has 10 heteroatoms. The van der Waals surface area contributed by atoms with E-state index in [0.29, 0.717) is 45.1 Å². The molecular formula is C29H27N3O6S. The lowest BCUT2D eigenvalue weighted by atomic mass is 10.2. The lowest BCUT2D eigenvalue weighted by Crippen LogP contribution is -2.28. The van der Waals surface area contributed by atoms with Crippen molar-refractivity contribution in [1.82, 2.24) is 4.90 Å². The van der Waals surface area contributed by atoms with Crippen molar-refractivity contribution in [2.24, 2.45) is 4.99 Å². The van der Waals surface area contributed by atoms with Crippen molar-refractivity contribution in [3.63, 3.8) is 0 Å². The second-order valence-corrected chi connectivity index (χ2v) is 9.22. The Kier molecular flexibility index (Phi) is 9.01. The minimum absolute atomic E-state index is 0.163. The molecule has 200 valence electrons. The fourth-order valence-corrected chi connectivity index (χ4v) is 4.74. The van der Waals surface area contributed by atoms with Gasteiger partial charge in [-0.3, -0.25) is 14.5 Å². The molecule has 0 bridgehead atoms. The van der Waals surface area contributed by atoms with Gasteiger partial charge in [-0.05, 0) is 78.9 Å². The van der Waals surface area contributed by atoms with E-state index in [1.165, 1.54) is 26.0 Å². The number of ether oxygens (including phenoxy) is 3. The maximum absolute atomic E-state index is 13.1. The monoisotopic (exact) mass is 545 g/mol. The molecule has 3 aromatic carbocycles. The first-order chi connectivity index (χ1) is 18.9. The summed E-state index contributed by atoms with van der Waals surface area (Å²) in [4.78, 5) is 43.7. The zero-order valence-corrected chi connectivity index (χ0v) is 22.5. The Bertz CT molecular complexity index is 1420. The van der Waals surface area contributed by atoms with Gasteiger partial charge < -0.3 is 19.5 Å². The van der Waals surface area contributed by atoms with Gasteiger partial charge in [0.25, 0.3) is 11.8 Å². The number of aliphatic imine (C=N–C) groups is 1. The van der Waals surface area contributed by atoms with Gasteiger partial charge in [0.05, 0.1) is 30.4 Å². The third kappa shape index (κ3) is 6.85. The van der Waals surface area contributed by atoms with Gasteiger partial charge in [-0.1, -0.05) is 24.3 Å². The van der Waals surface area contributed by atoms with Crippen molar-refractivity contribution in [3.05, 3.63) is 88.8 Å². The Labute approximate surface area is 230 Å². The SMILES string of the molecule is CCN1C(=O)/C(=C/c2ccc(OCC(=O)Nc3ccccc3)c(OC)c2)SC1=Nc1ccc(C(=O)OC)cc1. The van der Waals surface area contributed by atoms with E-state index in [-0.39, 0.29) is 18.4 Å². The van der Waals surface area contributed by atoms with Crippen molar-refractivity contribution in [3.8, 4) is 11.5 Å². The van der Waals surface area contributed by atoms with Gasteiger partial charge in [0.2, 0.25) is 0 Å². The minimum atomic E-state index is -0.428. The molecule has 1 fully saturated rings. The first-order valence-corrected chi connectivity index (χ1v) is 12.9. The molecule has 0 aromatic heterocycles. The minimum Gasteiger partial charge on any atom is -0.493 e. The van der Waals surface area contributed by atoms with Crippen LogP contribution < -0.4 is 14.8 Å². The number of methoxy groups -OCH3 is 2. The second kappa shape index (κ2) is 12.8. The quantitative estimate of drug-likeness (QED) is 0.294. The summed E-state index contributed by atoms with van der Waals surface area (Å²) in [5.41, 5.74) is 2.43. The number of hydrogen-bond acceptors (Lipinski definition) is 8. The van der Waals surface area contributed by atoms with Crippen LogP contribution in [0.3, 0.4) is 0 Å². The Morgan fingerprint density at radius 1 is 1.00 bits per heavy atom. The second-order valence-electron chi connectivity index (χ2n) is 8.21. The number of esters is 1. The number of para-hydroxylation sites is 1. The van der Waals surface area contributed by atoms with Crippen LogP contribution in [0.15, 0.2) is 82.7 Å². The Balaban J connectivity index is 1.47. The highest BCUT2D eigenvalue weighted by Crippen LogP contribution is 2.36. The summed E-state index contributed by atoms with van der Waals surface area (Å²) in [5.74, 6) is -0.0548. The van der Waals surface area contributed by atoms with Crippen LogP contribution in [0.4, 0.5) is 11.4 Å². The highest BCUT2D eigenvalue weighted by molar-refractivity contribution is 8.18. The van der Waals surface area contributed by atoms with E-state index >= 15 is 0 Å². The number of nitrogens with one attached hydrogen (secondary N) is 1. The van der Waals surface area contributed by atoms with Crippen LogP contribution in [0.5, 0.6) is 11.5 Å². The number of nitrogens with zero attached hydrogens (tertiary/aromatic N) is 2. The Morgan fingerprint density at radius 2 is 1.74 bits per heavy atom. The summed E-state index contributed by atoms with van der Waals surface area (Å²) < 4.78 is 15.9. The topological polar surface area (TPSA) is 107 Å². The molecule has 9 nitrogen and oxygen atoms in total. The molecule has 1 saturated heterocycles. The van der Waals surface area contributed by atoms with Crippen LogP contribution in [0.2, 0.25) is 0 Å². The molecular weight excluding hydrogens is 518 g/mol. The maximum Gasteiger partial charge on any atom is 0.337 e. The molecule has 0 spiro atoms. The molecule has 0 atom stereocenters. The molecule has 2 amide bonds. The molecule has 39 heavy (non-hydrogen) atoms. The summed E-state index contributed by atoms with van der Waals surface area (Å²) in [6.07, 6.45) is 1.76. The van der Waals surface area contributed by atoms with Crippen LogP contribution >= 0.6 is 11.8 Å². The van der Waals surface area contributed by atoms with E-state index in [1.54, 1.807) is 65.6 Å². The number of benzene rings is 3. The van der Waals surface area contributed by atoms with Gasteiger partial charge in [-0.25, -0.2) is 9.79 Å². The standard InChI is InChI=1S/C29H27N3O6S/c1-4-32-27(34)25(39-29(32)31-22-13-11-20(12-14-22)28(35)37-3)17-19-10-15-23(24(16-19)36-2)38-18-26(33)30-21-8-6-5-7-9-21/h5-17H,4,18H2,1-3H3,(H,30,33)/b25-17-,31-29?. The smallest absolute Gasteiger partial charge is 0.337 e. The Morgan fingerprint density at radius 3 is 2.41 bits per heavy atom. The van der Waals surface area contributed by atoms with Gasteiger partial charge >= 0.3 is 5.97 Å². The molecule has 0 radical (unpaired) electrons. The van der Waals surface area contributed by atoms with E-state index in [0.717, 1.165) is 5.56 Å². The van der Waals surface area contributed by atoms with E-state index in [1.807, 2.05) is 25.1 Å². The zero-order chi connectivity index (χ0) is 27.8. The molecule has 0 aliphatic carbocycles. The molecule has 4 rings (SSSR count). The van der Waals surface area contributed by atoms with E-state index in [9.17, 15) is 14.4 Å². The maximum atomic E-state index is 13.1. The molecule has 1 heterocycles. The number of rotatable bonds is 9. The molecule has 0 unspecified atom stereocenters. The molecule has 0 saturated carbocycles. The van der Waals surface area contributed by atoms with Crippen molar-refractivity contribution in [1.29, 1.82) is 0 Å². The highest BCUT2D eigenvalue weighted by Gasteiger charge is 2.32. The summed E-state index contributed by atoms with van der Waals surface area (Å²) in [6, 6.07) is 21.0. The van der Waals surface area contributed by atoms with Crippen LogP contribution in [0.1, 0.15) is 22.8 Å². The third-order valence-electron chi connectivity index (χ3n) is 5.62. The normalized spacial score (nSPS) is 14.9. The summed E-state index contributed by atoms with van der Waals surface area (Å²) in [5, 5.41) is 3.30. The van der Waals surface area contributed by atoms with E-state index in [4.69, 9.17) is 14.2 Å². The number of carbonyl (C=O) groups is 3. The zero-order valence-electron chi connectivity index (χ0n) is 21.7. The number of amidine groups is 1. The number of hydrogen-bond donors (Lipinski definition) is 1. The molecule has 1 N–H and O–H groups in total. The van der Waals surface area contributed by atoms with E-state index in [2.05, 4.69) is 10.3 Å². The number of thioether (sulfide) groups is 1. The van der Waals surface area contributed by atoms with Gasteiger partial charge in [-0.2, -0.15) is 0 Å². The van der Waals surface area contributed by atoms with E-state index < -0.39 is 5.97 Å². The average Bonchev–Trinajstić information content (AvgIpc) is 3.25. The van der Waals surface area contributed by atoms with Crippen molar-refractivity contribution in [2.45, 2.75) is 6.92 Å². The van der Waals surface area contributed by atoms with Gasteiger partial charge in [0, 0.05) is 12.2 Å². The van der Waals surface area contributed by atoms with Crippen LogP contribution in [0.25, 0.3) is 6.08 Å². The summed E-state index contributed by atoms with van der Waals surface area (Å²) >= 11 is 1.26. The van der Waals surface area contributed by atoms with Gasteiger partial charge in [0.15, 0.2) is 23.3 Å². The van der Waals surface area contributed by atoms with Crippen LogP contribution in [0, 0.1) is 0 Å². The first kappa shape index (κ1) is 27.5. The van der Waals surface area contributed by atoms with Crippen molar-refractivity contribution in [2.75, 3.05) is 32.7 Å². The summed E-state index contributed by atoms with van der Waals surface area (Å²) in [7, 11) is 2.83. The highest BCUT2D eigenvalue weighted by atomic mass is 32.2. The predicted molar refractivity (Wildman–Crippen MR) is 151 cm³/mol.